The highest BCUT2D eigenvalue weighted by Gasteiger charge is 2.14. The molecule has 0 atom stereocenters. The van der Waals surface area contributed by atoms with Crippen molar-refractivity contribution in [3.63, 3.8) is 0 Å². The van der Waals surface area contributed by atoms with Gasteiger partial charge in [0, 0.05) is 30.3 Å². The zero-order valence-corrected chi connectivity index (χ0v) is 16.6. The Morgan fingerprint density at radius 1 is 1.03 bits per heavy atom. The van der Waals surface area contributed by atoms with Gasteiger partial charge in [0.2, 0.25) is 0 Å². The van der Waals surface area contributed by atoms with Crippen LogP contribution in [0.3, 0.4) is 0 Å². The summed E-state index contributed by atoms with van der Waals surface area (Å²) in [4.78, 5) is 6.90. The highest BCUT2D eigenvalue weighted by atomic mass is 19.1. The molecule has 0 aliphatic carbocycles. The molecule has 2 aromatic carbocycles. The molecule has 152 valence electrons. The number of methoxy groups -OCH3 is 1. The molecule has 5 nitrogen and oxygen atoms in total. The zero-order valence-electron chi connectivity index (χ0n) is 16.6. The SMILES string of the molecule is COc1cc2c(Oc3cccc(F)c3)ccnc2cc1OCCCN1CCCC1. The van der Waals surface area contributed by atoms with Gasteiger partial charge in [-0.15, -0.1) is 0 Å². The molecule has 0 radical (unpaired) electrons. The molecule has 1 aliphatic heterocycles. The van der Waals surface area contributed by atoms with Crippen molar-refractivity contribution in [2.75, 3.05) is 33.4 Å². The number of ether oxygens (including phenoxy) is 3. The average molecular weight is 396 g/mol. The van der Waals surface area contributed by atoms with Crippen LogP contribution >= 0.6 is 0 Å². The minimum Gasteiger partial charge on any atom is -0.493 e. The Morgan fingerprint density at radius 2 is 1.90 bits per heavy atom. The molecule has 0 amide bonds. The second-order valence-electron chi connectivity index (χ2n) is 7.14. The van der Waals surface area contributed by atoms with E-state index >= 15 is 0 Å². The van der Waals surface area contributed by atoms with Crippen molar-refractivity contribution in [1.82, 2.24) is 9.88 Å². The Kier molecular flexibility index (Phi) is 6.10. The Hall–Kier alpha value is -2.86. The molecular formula is C23H25FN2O3. The quantitative estimate of drug-likeness (QED) is 0.499. The van der Waals surface area contributed by atoms with Crippen LogP contribution in [0.4, 0.5) is 4.39 Å². The summed E-state index contributed by atoms with van der Waals surface area (Å²) in [5.41, 5.74) is 0.731. The van der Waals surface area contributed by atoms with Gasteiger partial charge < -0.3 is 19.1 Å². The van der Waals surface area contributed by atoms with Gasteiger partial charge >= 0.3 is 0 Å². The van der Waals surface area contributed by atoms with Crippen molar-refractivity contribution in [3.8, 4) is 23.0 Å². The smallest absolute Gasteiger partial charge is 0.163 e. The molecular weight excluding hydrogens is 371 g/mol. The fourth-order valence-electron chi connectivity index (χ4n) is 3.62. The fraction of sp³-hybridized carbons (Fsp3) is 0.348. The monoisotopic (exact) mass is 396 g/mol. The number of hydrogen-bond donors (Lipinski definition) is 0. The van der Waals surface area contributed by atoms with Crippen molar-refractivity contribution in [2.24, 2.45) is 0 Å². The molecule has 0 saturated carbocycles. The summed E-state index contributed by atoms with van der Waals surface area (Å²) < 4.78 is 30.9. The number of fused-ring (bicyclic) bond motifs is 1. The molecule has 3 aromatic rings. The van der Waals surface area contributed by atoms with Crippen LogP contribution in [0, 0.1) is 5.82 Å². The predicted octanol–water partition coefficient (Wildman–Crippen LogP) is 5.04. The Bertz CT molecular complexity index is 973. The first-order valence-corrected chi connectivity index (χ1v) is 9.98. The van der Waals surface area contributed by atoms with Crippen LogP contribution in [-0.4, -0.2) is 43.2 Å². The maximum atomic E-state index is 13.5. The molecule has 1 aliphatic rings. The molecule has 0 bridgehead atoms. The van der Waals surface area contributed by atoms with E-state index in [-0.39, 0.29) is 5.82 Å². The van der Waals surface area contributed by atoms with Gasteiger partial charge in [-0.3, -0.25) is 4.98 Å². The van der Waals surface area contributed by atoms with Crippen molar-refractivity contribution >= 4 is 10.9 Å². The number of aromatic nitrogens is 1. The lowest BCUT2D eigenvalue weighted by Crippen LogP contribution is -2.21. The van der Waals surface area contributed by atoms with E-state index in [1.807, 2.05) is 12.1 Å². The van der Waals surface area contributed by atoms with Crippen LogP contribution in [0.1, 0.15) is 19.3 Å². The first-order chi connectivity index (χ1) is 14.2. The van der Waals surface area contributed by atoms with Crippen LogP contribution in [-0.2, 0) is 0 Å². The number of benzene rings is 2. The number of hydrogen-bond acceptors (Lipinski definition) is 5. The van der Waals surface area contributed by atoms with Gasteiger partial charge in [-0.25, -0.2) is 4.39 Å². The lowest BCUT2D eigenvalue weighted by molar-refractivity contribution is 0.254. The highest BCUT2D eigenvalue weighted by Crippen LogP contribution is 2.37. The third-order valence-corrected chi connectivity index (χ3v) is 5.09. The average Bonchev–Trinajstić information content (AvgIpc) is 3.24. The number of likely N-dealkylation sites (tertiary alicyclic amines) is 1. The molecule has 4 rings (SSSR count). The molecule has 0 spiro atoms. The van der Waals surface area contributed by atoms with Crippen LogP contribution in [0.2, 0.25) is 0 Å². The molecule has 1 fully saturated rings. The fourth-order valence-corrected chi connectivity index (χ4v) is 3.62. The summed E-state index contributed by atoms with van der Waals surface area (Å²) in [5, 5.41) is 0.776. The van der Waals surface area contributed by atoms with Gasteiger partial charge in [0.25, 0.3) is 0 Å². The van der Waals surface area contributed by atoms with Crippen LogP contribution in [0.5, 0.6) is 23.0 Å². The number of pyridine rings is 1. The van der Waals surface area contributed by atoms with E-state index in [0.717, 1.165) is 23.9 Å². The molecule has 1 saturated heterocycles. The summed E-state index contributed by atoms with van der Waals surface area (Å²) >= 11 is 0. The van der Waals surface area contributed by atoms with Crippen molar-refractivity contribution < 1.29 is 18.6 Å². The molecule has 0 unspecified atom stereocenters. The van der Waals surface area contributed by atoms with E-state index in [1.165, 1.54) is 38.1 Å². The first kappa shape index (κ1) is 19.5. The van der Waals surface area contributed by atoms with Crippen molar-refractivity contribution in [1.29, 1.82) is 0 Å². The summed E-state index contributed by atoms with van der Waals surface area (Å²) in [6.07, 6.45) is 5.23. The number of halogens is 1. The number of rotatable bonds is 8. The minimum absolute atomic E-state index is 0.344. The van der Waals surface area contributed by atoms with Crippen LogP contribution in [0.15, 0.2) is 48.7 Å². The molecule has 2 heterocycles. The van der Waals surface area contributed by atoms with E-state index in [4.69, 9.17) is 14.2 Å². The van der Waals surface area contributed by atoms with Gasteiger partial charge in [-0.05, 0) is 56.6 Å². The van der Waals surface area contributed by atoms with Crippen LogP contribution in [0.25, 0.3) is 10.9 Å². The molecule has 29 heavy (non-hydrogen) atoms. The summed E-state index contributed by atoms with van der Waals surface area (Å²) in [6.45, 7) is 4.06. The van der Waals surface area contributed by atoms with Gasteiger partial charge in [-0.1, -0.05) is 6.07 Å². The topological polar surface area (TPSA) is 43.8 Å². The third kappa shape index (κ3) is 4.77. The van der Waals surface area contributed by atoms with Gasteiger partial charge in [0.15, 0.2) is 11.5 Å². The normalized spacial score (nSPS) is 14.3. The standard InChI is InChI=1S/C23H25FN2O3/c1-27-22-15-19-20(16-23(22)28-13-5-12-26-10-2-3-11-26)25-9-8-21(19)29-18-7-4-6-17(24)14-18/h4,6-9,14-16H,2-3,5,10-13H2,1H3. The first-order valence-electron chi connectivity index (χ1n) is 9.98. The van der Waals surface area contributed by atoms with Crippen molar-refractivity contribution in [2.45, 2.75) is 19.3 Å². The Labute approximate surface area is 170 Å². The summed E-state index contributed by atoms with van der Waals surface area (Å²) in [7, 11) is 1.61. The molecule has 1 aromatic heterocycles. The van der Waals surface area contributed by atoms with Gasteiger partial charge in [0.1, 0.15) is 17.3 Å². The number of nitrogens with zero attached hydrogens (tertiary/aromatic N) is 2. The summed E-state index contributed by atoms with van der Waals surface area (Å²) in [5.74, 6) is 1.95. The lowest BCUT2D eigenvalue weighted by atomic mass is 10.1. The maximum absolute atomic E-state index is 13.5. The van der Waals surface area contributed by atoms with E-state index in [2.05, 4.69) is 9.88 Å². The Morgan fingerprint density at radius 3 is 2.69 bits per heavy atom. The lowest BCUT2D eigenvalue weighted by Gasteiger charge is -2.16. The zero-order chi connectivity index (χ0) is 20.1. The molecule has 6 heteroatoms. The third-order valence-electron chi connectivity index (χ3n) is 5.09. The van der Waals surface area contributed by atoms with Crippen LogP contribution < -0.4 is 14.2 Å². The Balaban J connectivity index is 1.51. The van der Waals surface area contributed by atoms with E-state index < -0.39 is 0 Å². The van der Waals surface area contributed by atoms with E-state index in [1.54, 1.807) is 31.5 Å². The predicted molar refractivity (Wildman–Crippen MR) is 111 cm³/mol. The van der Waals surface area contributed by atoms with E-state index in [0.29, 0.717) is 29.6 Å². The summed E-state index contributed by atoms with van der Waals surface area (Å²) in [6, 6.07) is 11.5. The largest absolute Gasteiger partial charge is 0.493 e. The maximum Gasteiger partial charge on any atom is 0.163 e. The van der Waals surface area contributed by atoms with Gasteiger partial charge in [-0.2, -0.15) is 0 Å². The molecule has 0 N–H and O–H groups in total. The second-order valence-corrected chi connectivity index (χ2v) is 7.14. The highest BCUT2D eigenvalue weighted by molar-refractivity contribution is 5.88. The minimum atomic E-state index is -0.344. The van der Waals surface area contributed by atoms with Crippen molar-refractivity contribution in [3.05, 3.63) is 54.5 Å². The van der Waals surface area contributed by atoms with Gasteiger partial charge in [0.05, 0.1) is 19.2 Å². The second kappa shape index (κ2) is 9.09. The van der Waals surface area contributed by atoms with E-state index in [9.17, 15) is 4.39 Å².